The van der Waals surface area contributed by atoms with Crippen molar-refractivity contribution in [3.63, 3.8) is 0 Å². The highest BCUT2D eigenvalue weighted by Crippen LogP contribution is 2.39. The van der Waals surface area contributed by atoms with Crippen LogP contribution in [0.25, 0.3) is 11.1 Å². The number of anilines is 1. The Bertz CT molecular complexity index is 624. The van der Waals surface area contributed by atoms with Crippen LogP contribution in [0.4, 0.5) is 5.82 Å². The van der Waals surface area contributed by atoms with Crippen LogP contribution in [0.2, 0.25) is 10.0 Å². The van der Waals surface area contributed by atoms with Crippen molar-refractivity contribution in [2.75, 3.05) is 12.8 Å². The monoisotopic (exact) mass is 296 g/mol. The van der Waals surface area contributed by atoms with Gasteiger partial charge in [-0.2, -0.15) is 0 Å². The molecule has 4 nitrogen and oxygen atoms in total. The fraction of sp³-hybridized carbons (Fsp3) is 0.0769. The summed E-state index contributed by atoms with van der Waals surface area (Å²) in [6.07, 6.45) is 1.43. The molecule has 1 aromatic carbocycles. The zero-order valence-electron chi connectivity index (χ0n) is 9.98. The lowest BCUT2D eigenvalue weighted by Crippen LogP contribution is -2.07. The first-order valence-corrected chi connectivity index (χ1v) is 6.09. The van der Waals surface area contributed by atoms with E-state index >= 15 is 0 Å². The van der Waals surface area contributed by atoms with E-state index in [4.69, 9.17) is 33.7 Å². The van der Waals surface area contributed by atoms with Crippen LogP contribution < -0.4 is 5.73 Å². The van der Waals surface area contributed by atoms with Gasteiger partial charge >= 0.3 is 5.97 Å². The number of pyridine rings is 1. The summed E-state index contributed by atoms with van der Waals surface area (Å²) in [5.41, 5.74) is 6.96. The Kier molecular flexibility index (Phi) is 3.93. The third-order valence-electron chi connectivity index (χ3n) is 2.60. The molecule has 0 spiro atoms. The molecule has 0 aliphatic heterocycles. The normalized spacial score (nSPS) is 10.3. The van der Waals surface area contributed by atoms with Crippen molar-refractivity contribution in [2.24, 2.45) is 0 Å². The fourth-order valence-corrected chi connectivity index (χ4v) is 2.34. The minimum absolute atomic E-state index is 0.165. The molecule has 2 N–H and O–H groups in total. The summed E-state index contributed by atoms with van der Waals surface area (Å²) >= 11 is 12.3. The average Bonchev–Trinajstić information content (AvgIpc) is 2.39. The highest BCUT2D eigenvalue weighted by molar-refractivity contribution is 6.39. The number of aromatic nitrogens is 1. The van der Waals surface area contributed by atoms with Crippen molar-refractivity contribution in [3.05, 3.63) is 46.1 Å². The molecule has 6 heteroatoms. The number of nitrogen functional groups attached to an aromatic ring is 1. The fourth-order valence-electron chi connectivity index (χ4n) is 1.76. The molecule has 2 aromatic rings. The van der Waals surface area contributed by atoms with Crippen molar-refractivity contribution in [1.29, 1.82) is 0 Å². The molecule has 0 bridgehead atoms. The first-order chi connectivity index (χ1) is 9.06. The van der Waals surface area contributed by atoms with Gasteiger partial charge in [-0.25, -0.2) is 9.78 Å². The molecule has 2 rings (SSSR count). The molecule has 19 heavy (non-hydrogen) atoms. The number of carbonyl (C=O) groups is 1. The summed E-state index contributed by atoms with van der Waals surface area (Å²) in [6, 6.07) is 6.54. The van der Waals surface area contributed by atoms with E-state index in [1.165, 1.54) is 19.4 Å². The molecule has 0 aliphatic rings. The highest BCUT2D eigenvalue weighted by atomic mass is 35.5. The number of hydrogen-bond donors (Lipinski definition) is 1. The second-order valence-electron chi connectivity index (χ2n) is 3.71. The van der Waals surface area contributed by atoms with E-state index in [-0.39, 0.29) is 11.4 Å². The quantitative estimate of drug-likeness (QED) is 0.862. The topological polar surface area (TPSA) is 65.2 Å². The van der Waals surface area contributed by atoms with Gasteiger partial charge in [0.15, 0.2) is 0 Å². The zero-order valence-corrected chi connectivity index (χ0v) is 11.5. The van der Waals surface area contributed by atoms with Crippen LogP contribution in [0, 0.1) is 0 Å². The summed E-state index contributed by atoms with van der Waals surface area (Å²) in [4.78, 5) is 15.8. The maximum absolute atomic E-state index is 11.8. The Morgan fingerprint density at radius 1 is 1.21 bits per heavy atom. The Morgan fingerprint density at radius 3 is 2.42 bits per heavy atom. The number of methoxy groups -OCH3 is 1. The maximum atomic E-state index is 11.8. The largest absolute Gasteiger partial charge is 0.465 e. The average molecular weight is 297 g/mol. The molecule has 0 aliphatic carbocycles. The highest BCUT2D eigenvalue weighted by Gasteiger charge is 2.20. The Morgan fingerprint density at radius 2 is 1.84 bits per heavy atom. The third-order valence-corrected chi connectivity index (χ3v) is 3.23. The van der Waals surface area contributed by atoms with E-state index in [1.807, 2.05) is 0 Å². The van der Waals surface area contributed by atoms with Gasteiger partial charge in [0.25, 0.3) is 0 Å². The Hall–Kier alpha value is -1.78. The summed E-state index contributed by atoms with van der Waals surface area (Å²) < 4.78 is 4.72. The number of rotatable bonds is 2. The summed E-state index contributed by atoms with van der Waals surface area (Å²) in [5, 5.41) is 0.773. The van der Waals surface area contributed by atoms with Crippen LogP contribution in [-0.4, -0.2) is 18.1 Å². The van der Waals surface area contributed by atoms with E-state index in [2.05, 4.69) is 4.98 Å². The minimum atomic E-state index is -0.528. The number of carbonyl (C=O) groups excluding carboxylic acids is 1. The van der Waals surface area contributed by atoms with Gasteiger partial charge in [0.1, 0.15) is 5.82 Å². The second kappa shape index (κ2) is 5.47. The minimum Gasteiger partial charge on any atom is -0.465 e. The van der Waals surface area contributed by atoms with Crippen molar-refractivity contribution >= 4 is 35.0 Å². The Balaban J connectivity index is 2.78. The van der Waals surface area contributed by atoms with Crippen molar-refractivity contribution in [1.82, 2.24) is 4.98 Å². The van der Waals surface area contributed by atoms with Gasteiger partial charge in [-0.15, -0.1) is 0 Å². The predicted octanol–water partition coefficient (Wildman–Crippen LogP) is 3.42. The van der Waals surface area contributed by atoms with E-state index in [9.17, 15) is 4.79 Å². The Labute approximate surface area is 120 Å². The van der Waals surface area contributed by atoms with E-state index in [0.717, 1.165) is 0 Å². The van der Waals surface area contributed by atoms with Gasteiger partial charge in [0, 0.05) is 17.3 Å². The van der Waals surface area contributed by atoms with Crippen LogP contribution in [0.3, 0.4) is 0 Å². The van der Waals surface area contributed by atoms with Gasteiger partial charge in [-0.1, -0.05) is 29.3 Å². The van der Waals surface area contributed by atoms with Crippen LogP contribution in [0.1, 0.15) is 10.4 Å². The number of hydrogen-bond acceptors (Lipinski definition) is 4. The molecular formula is C13H10Cl2N2O2. The van der Waals surface area contributed by atoms with Gasteiger partial charge in [0.05, 0.1) is 22.7 Å². The van der Waals surface area contributed by atoms with Gasteiger partial charge in [-0.3, -0.25) is 0 Å². The molecule has 0 unspecified atom stereocenters. The van der Waals surface area contributed by atoms with Crippen LogP contribution in [0.5, 0.6) is 0 Å². The molecule has 1 aromatic heterocycles. The molecule has 0 amide bonds. The number of halogens is 2. The molecule has 0 saturated carbocycles. The molecule has 0 radical (unpaired) electrons. The molecule has 0 saturated heterocycles. The van der Waals surface area contributed by atoms with Crippen molar-refractivity contribution in [3.8, 4) is 11.1 Å². The number of esters is 1. The second-order valence-corrected chi connectivity index (χ2v) is 4.52. The number of nitrogens with zero attached hydrogens (tertiary/aromatic N) is 1. The standard InChI is InChI=1S/C13H10Cl2N2O2/c1-19-13(18)7-5-6-17-12(16)10(7)11-8(14)3-2-4-9(11)15/h2-6H,1H3,(H2,16,17). The molecule has 98 valence electrons. The third kappa shape index (κ3) is 2.50. The van der Waals surface area contributed by atoms with Crippen molar-refractivity contribution < 1.29 is 9.53 Å². The van der Waals surface area contributed by atoms with E-state index in [0.29, 0.717) is 21.2 Å². The van der Waals surface area contributed by atoms with Crippen molar-refractivity contribution in [2.45, 2.75) is 0 Å². The zero-order chi connectivity index (χ0) is 14.0. The lowest BCUT2D eigenvalue weighted by atomic mass is 10.0. The van der Waals surface area contributed by atoms with Gasteiger partial charge in [0.2, 0.25) is 0 Å². The molecule has 1 heterocycles. The first-order valence-electron chi connectivity index (χ1n) is 5.33. The lowest BCUT2D eigenvalue weighted by Gasteiger charge is -2.13. The first kappa shape index (κ1) is 13.6. The van der Waals surface area contributed by atoms with E-state index in [1.54, 1.807) is 18.2 Å². The summed E-state index contributed by atoms with van der Waals surface area (Å²) in [5.74, 6) is -0.363. The smallest absolute Gasteiger partial charge is 0.338 e. The van der Waals surface area contributed by atoms with Gasteiger partial charge < -0.3 is 10.5 Å². The summed E-state index contributed by atoms with van der Waals surface area (Å²) in [7, 11) is 1.29. The number of nitrogens with two attached hydrogens (primary N) is 1. The SMILES string of the molecule is COC(=O)c1ccnc(N)c1-c1c(Cl)cccc1Cl. The van der Waals surface area contributed by atoms with Crippen LogP contribution in [-0.2, 0) is 4.74 Å². The summed E-state index contributed by atoms with van der Waals surface area (Å²) in [6.45, 7) is 0. The molecular weight excluding hydrogens is 287 g/mol. The molecule has 0 fully saturated rings. The van der Waals surface area contributed by atoms with Crippen LogP contribution in [0.15, 0.2) is 30.5 Å². The predicted molar refractivity (Wildman–Crippen MR) is 75.4 cm³/mol. The van der Waals surface area contributed by atoms with Crippen LogP contribution >= 0.6 is 23.2 Å². The maximum Gasteiger partial charge on any atom is 0.338 e. The van der Waals surface area contributed by atoms with Gasteiger partial charge in [-0.05, 0) is 18.2 Å². The molecule has 0 atom stereocenters. The lowest BCUT2D eigenvalue weighted by molar-refractivity contribution is 0.0601. The number of ether oxygens (including phenoxy) is 1. The van der Waals surface area contributed by atoms with E-state index < -0.39 is 5.97 Å². The number of benzene rings is 1.